The number of hydrogen-bond acceptors (Lipinski definition) is 4. The summed E-state index contributed by atoms with van der Waals surface area (Å²) in [6.45, 7) is 0. The molecule has 3 radical (unpaired) electrons. The van der Waals surface area contributed by atoms with E-state index in [1.807, 2.05) is 30.3 Å². The number of alkyl halides is 3. The Labute approximate surface area is 224 Å². The smallest absolute Gasteiger partial charge is 0.406 e. The van der Waals surface area contributed by atoms with Crippen LogP contribution < -0.4 is 21.0 Å². The standard InChI is InChI=1S/C27H20B2ClF4N2O2/c28-19-11-18(12-23(13-19)38-27(32,33)34)26(15-17-5-2-1-3-6-17,24-10-9-21(30)16-35-24)36-25(37)29-20-7-4-8-22(31)14-20/h1-14,16,25,36-37H,15H2/t25-,26?/m0/s1. The molecule has 1 unspecified atom stereocenters. The Balaban J connectivity index is 1.88. The molecular formula is C27H20B2ClF4N2O2. The van der Waals surface area contributed by atoms with Gasteiger partial charge in [-0.05, 0) is 47.5 Å². The summed E-state index contributed by atoms with van der Waals surface area (Å²) in [7, 11) is 7.39. The minimum Gasteiger partial charge on any atom is -0.406 e. The van der Waals surface area contributed by atoms with E-state index in [2.05, 4.69) is 15.0 Å². The molecule has 4 nitrogen and oxygen atoms in total. The van der Waals surface area contributed by atoms with Crippen molar-refractivity contribution >= 4 is 37.7 Å². The number of rotatable bonds is 9. The van der Waals surface area contributed by atoms with Crippen molar-refractivity contribution in [3.05, 3.63) is 119 Å². The lowest BCUT2D eigenvalue weighted by Crippen LogP contribution is -2.54. The molecular weight excluding hydrogens is 517 g/mol. The van der Waals surface area contributed by atoms with Crippen molar-refractivity contribution in [1.29, 1.82) is 0 Å². The summed E-state index contributed by atoms with van der Waals surface area (Å²) in [5, 5.41) is 14.6. The molecule has 0 spiro atoms. The topological polar surface area (TPSA) is 54.4 Å². The average molecular weight is 538 g/mol. The van der Waals surface area contributed by atoms with Crippen LogP contribution in [0.4, 0.5) is 17.6 Å². The van der Waals surface area contributed by atoms with E-state index in [4.69, 9.17) is 19.4 Å². The van der Waals surface area contributed by atoms with Crippen molar-refractivity contribution in [1.82, 2.24) is 10.3 Å². The van der Waals surface area contributed by atoms with E-state index in [-0.39, 0.29) is 17.4 Å². The number of aliphatic hydroxyl groups excluding tert-OH is 1. The van der Waals surface area contributed by atoms with Crippen molar-refractivity contribution in [3.63, 3.8) is 0 Å². The molecule has 2 atom stereocenters. The van der Waals surface area contributed by atoms with E-state index >= 15 is 0 Å². The van der Waals surface area contributed by atoms with Gasteiger partial charge in [-0.3, -0.25) is 10.3 Å². The van der Waals surface area contributed by atoms with Crippen LogP contribution in [0.25, 0.3) is 0 Å². The fourth-order valence-electron chi connectivity index (χ4n) is 4.23. The molecule has 0 fully saturated rings. The van der Waals surface area contributed by atoms with E-state index < -0.39 is 29.6 Å². The highest BCUT2D eigenvalue weighted by atomic mass is 35.5. The molecule has 0 bridgehead atoms. The molecule has 0 saturated heterocycles. The molecule has 2 N–H and O–H groups in total. The summed E-state index contributed by atoms with van der Waals surface area (Å²) in [6.07, 6.45) is -4.83. The molecule has 191 valence electrons. The second kappa shape index (κ2) is 11.6. The molecule has 38 heavy (non-hydrogen) atoms. The number of aromatic nitrogens is 1. The van der Waals surface area contributed by atoms with Gasteiger partial charge in [0.15, 0.2) is 0 Å². The molecule has 3 aromatic carbocycles. The summed E-state index contributed by atoms with van der Waals surface area (Å²) in [6, 6.07) is 21.6. The predicted molar refractivity (Wildman–Crippen MR) is 140 cm³/mol. The summed E-state index contributed by atoms with van der Waals surface area (Å²) in [5.74, 6) is -1.03. The zero-order valence-corrected chi connectivity index (χ0v) is 20.5. The third-order valence-corrected chi connectivity index (χ3v) is 5.95. The minimum atomic E-state index is -4.95. The van der Waals surface area contributed by atoms with Gasteiger partial charge in [0, 0.05) is 12.6 Å². The van der Waals surface area contributed by atoms with Crippen molar-refractivity contribution in [2.75, 3.05) is 0 Å². The van der Waals surface area contributed by atoms with Crippen LogP contribution in [0.3, 0.4) is 0 Å². The monoisotopic (exact) mass is 537 g/mol. The molecule has 0 aliphatic carbocycles. The maximum Gasteiger partial charge on any atom is 0.573 e. The van der Waals surface area contributed by atoms with Gasteiger partial charge in [-0.25, -0.2) is 4.39 Å². The van der Waals surface area contributed by atoms with Crippen LogP contribution in [-0.2, 0) is 12.0 Å². The van der Waals surface area contributed by atoms with Crippen molar-refractivity contribution < 1.29 is 27.4 Å². The third-order valence-electron chi connectivity index (χ3n) is 5.73. The normalized spacial score (nSPS) is 13.9. The number of halogens is 5. The molecule has 0 aliphatic heterocycles. The van der Waals surface area contributed by atoms with Gasteiger partial charge in [-0.1, -0.05) is 71.1 Å². The first kappa shape index (κ1) is 27.7. The molecule has 11 heteroatoms. The number of ether oxygens (including phenoxy) is 1. The Kier molecular flexibility index (Phi) is 8.45. The van der Waals surface area contributed by atoms with Gasteiger partial charge in [0.25, 0.3) is 0 Å². The zero-order valence-electron chi connectivity index (χ0n) is 19.8. The van der Waals surface area contributed by atoms with Crippen LogP contribution >= 0.6 is 11.6 Å². The van der Waals surface area contributed by atoms with Crippen LogP contribution in [0.2, 0.25) is 5.02 Å². The lowest BCUT2D eigenvalue weighted by atomic mass is 9.66. The highest BCUT2D eigenvalue weighted by molar-refractivity contribution is 6.54. The van der Waals surface area contributed by atoms with Crippen molar-refractivity contribution in [2.45, 2.75) is 24.4 Å². The number of pyridine rings is 1. The van der Waals surface area contributed by atoms with Gasteiger partial charge in [-0.2, -0.15) is 0 Å². The first-order valence-corrected chi connectivity index (χ1v) is 11.8. The third kappa shape index (κ3) is 7.16. The van der Waals surface area contributed by atoms with E-state index in [1.54, 1.807) is 18.2 Å². The quantitative estimate of drug-likeness (QED) is 0.193. The molecule has 0 amide bonds. The number of nitrogens with zero attached hydrogens (tertiary/aromatic N) is 1. The Hall–Kier alpha value is -3.33. The fraction of sp³-hybridized carbons (Fsp3) is 0.148. The maximum atomic E-state index is 13.8. The Morgan fingerprint density at radius 2 is 1.76 bits per heavy atom. The molecule has 1 heterocycles. The van der Waals surface area contributed by atoms with E-state index in [1.165, 1.54) is 43.8 Å². The van der Waals surface area contributed by atoms with Gasteiger partial charge >= 0.3 is 6.36 Å². The predicted octanol–water partition coefficient (Wildman–Crippen LogP) is 3.95. The van der Waals surface area contributed by atoms with E-state index in [0.29, 0.717) is 16.2 Å². The van der Waals surface area contributed by atoms with Crippen LogP contribution in [0.1, 0.15) is 16.8 Å². The van der Waals surface area contributed by atoms with Gasteiger partial charge in [0.05, 0.1) is 22.4 Å². The largest absolute Gasteiger partial charge is 0.573 e. The number of hydrogen-bond donors (Lipinski definition) is 2. The van der Waals surface area contributed by atoms with Gasteiger partial charge in [0.1, 0.15) is 19.4 Å². The van der Waals surface area contributed by atoms with Crippen LogP contribution in [0, 0.1) is 5.82 Å². The highest BCUT2D eigenvalue weighted by Crippen LogP contribution is 2.35. The Morgan fingerprint density at radius 3 is 2.42 bits per heavy atom. The number of benzene rings is 3. The molecule has 1 aromatic heterocycles. The average Bonchev–Trinajstić information content (AvgIpc) is 2.83. The summed E-state index contributed by atoms with van der Waals surface area (Å²) in [4.78, 5) is 4.45. The lowest BCUT2D eigenvalue weighted by molar-refractivity contribution is -0.274. The second-order valence-electron chi connectivity index (χ2n) is 8.58. The lowest BCUT2D eigenvalue weighted by Gasteiger charge is -2.38. The molecule has 4 rings (SSSR count). The Morgan fingerprint density at radius 1 is 1.00 bits per heavy atom. The summed E-state index contributed by atoms with van der Waals surface area (Å²) >= 11 is 6.08. The fourth-order valence-corrected chi connectivity index (χ4v) is 4.34. The molecule has 4 aromatic rings. The highest BCUT2D eigenvalue weighted by Gasteiger charge is 2.39. The van der Waals surface area contributed by atoms with Crippen LogP contribution in [0.15, 0.2) is 91.1 Å². The van der Waals surface area contributed by atoms with Gasteiger partial charge < -0.3 is 9.84 Å². The Bertz CT molecular complexity index is 1380. The molecule has 0 aliphatic rings. The second-order valence-corrected chi connectivity index (χ2v) is 9.02. The first-order valence-electron chi connectivity index (χ1n) is 11.4. The number of aliphatic hydroxyl groups is 1. The zero-order chi connectivity index (χ0) is 27.3. The molecule has 0 saturated carbocycles. The van der Waals surface area contributed by atoms with E-state index in [9.17, 15) is 22.7 Å². The van der Waals surface area contributed by atoms with Crippen molar-refractivity contribution in [3.8, 4) is 5.75 Å². The van der Waals surface area contributed by atoms with Crippen LogP contribution in [0.5, 0.6) is 5.75 Å². The first-order chi connectivity index (χ1) is 18.0. The summed E-state index contributed by atoms with van der Waals surface area (Å²) in [5.41, 5.74) is 0.294. The van der Waals surface area contributed by atoms with Gasteiger partial charge in [-0.15, -0.1) is 13.2 Å². The SMILES string of the molecule is [B]c1cc(OC(F)(F)F)cc(C(Cc2ccccc2)(N[C@@H](O)[B]c2cccc(F)c2)c2ccc(Cl)cn2)c1. The van der Waals surface area contributed by atoms with E-state index in [0.717, 1.165) is 11.6 Å². The summed E-state index contributed by atoms with van der Waals surface area (Å²) < 4.78 is 57.3. The van der Waals surface area contributed by atoms with Crippen molar-refractivity contribution in [2.24, 2.45) is 0 Å². The number of nitrogens with one attached hydrogen (secondary N) is 1. The maximum absolute atomic E-state index is 13.8. The van der Waals surface area contributed by atoms with Gasteiger partial charge in [0.2, 0.25) is 7.28 Å². The minimum absolute atomic E-state index is 0.00134. The van der Waals surface area contributed by atoms with Crippen LogP contribution in [-0.4, -0.2) is 37.7 Å².